The third kappa shape index (κ3) is 6.62. The van der Waals surface area contributed by atoms with E-state index in [1.54, 1.807) is 7.05 Å². The molecular formula is C22H32ClN7O. The number of hydrogen-bond donors (Lipinski definition) is 2. The highest BCUT2D eigenvalue weighted by Crippen LogP contribution is 2.19. The molecule has 0 aliphatic carbocycles. The van der Waals surface area contributed by atoms with E-state index in [0.717, 1.165) is 49.0 Å². The maximum Gasteiger partial charge on any atom is 0.242 e. The van der Waals surface area contributed by atoms with Crippen LogP contribution in [0.4, 0.5) is 5.69 Å². The predicted molar refractivity (Wildman–Crippen MR) is 126 cm³/mol. The first kappa shape index (κ1) is 22.9. The second kappa shape index (κ2) is 11.0. The fraction of sp³-hybridized carbons (Fsp3) is 0.500. The maximum absolute atomic E-state index is 12.6. The first-order valence-corrected chi connectivity index (χ1v) is 11.1. The van der Waals surface area contributed by atoms with E-state index in [0.29, 0.717) is 19.0 Å². The maximum atomic E-state index is 12.6. The van der Waals surface area contributed by atoms with E-state index in [2.05, 4.69) is 38.6 Å². The van der Waals surface area contributed by atoms with Gasteiger partial charge < -0.3 is 20.4 Å². The quantitative estimate of drug-likeness (QED) is 0.387. The number of piperazine rings is 1. The molecule has 2 heterocycles. The molecule has 31 heavy (non-hydrogen) atoms. The normalized spacial score (nSPS) is 14.6. The molecule has 1 fully saturated rings. The fourth-order valence-electron chi connectivity index (χ4n) is 3.69. The van der Waals surface area contributed by atoms with Crippen molar-refractivity contribution in [1.29, 1.82) is 0 Å². The lowest BCUT2D eigenvalue weighted by atomic mass is 10.2. The number of halogens is 1. The second-order valence-corrected chi connectivity index (χ2v) is 8.14. The van der Waals surface area contributed by atoms with Crippen LogP contribution in [0.2, 0.25) is 5.02 Å². The van der Waals surface area contributed by atoms with Crippen molar-refractivity contribution in [3.63, 3.8) is 0 Å². The summed E-state index contributed by atoms with van der Waals surface area (Å²) in [5.74, 6) is 0.725. The third-order valence-electron chi connectivity index (χ3n) is 5.40. The molecule has 1 aliphatic rings. The molecule has 2 N–H and O–H groups in total. The minimum absolute atomic E-state index is 0.0846. The molecule has 0 saturated carbocycles. The number of rotatable bonds is 7. The second-order valence-electron chi connectivity index (χ2n) is 7.70. The van der Waals surface area contributed by atoms with Crippen LogP contribution in [0.1, 0.15) is 17.8 Å². The summed E-state index contributed by atoms with van der Waals surface area (Å²) < 4.78 is 2.01. The van der Waals surface area contributed by atoms with Gasteiger partial charge in [0, 0.05) is 62.7 Å². The molecule has 0 unspecified atom stereocenters. The van der Waals surface area contributed by atoms with Crippen LogP contribution in [-0.4, -0.2) is 72.9 Å². The largest absolute Gasteiger partial charge is 0.368 e. The summed E-state index contributed by atoms with van der Waals surface area (Å²) in [5.41, 5.74) is 3.34. The number of nitrogens with one attached hydrogen (secondary N) is 2. The first-order chi connectivity index (χ1) is 15.0. The number of nitrogens with zero attached hydrogens (tertiary/aromatic N) is 5. The Balaban J connectivity index is 1.35. The van der Waals surface area contributed by atoms with Crippen molar-refractivity contribution in [3.05, 3.63) is 46.7 Å². The number of benzene rings is 1. The summed E-state index contributed by atoms with van der Waals surface area (Å²) in [6.07, 6.45) is 0.920. The smallest absolute Gasteiger partial charge is 0.242 e. The zero-order valence-corrected chi connectivity index (χ0v) is 19.3. The van der Waals surface area contributed by atoms with Crippen molar-refractivity contribution < 1.29 is 4.79 Å². The molecule has 0 radical (unpaired) electrons. The van der Waals surface area contributed by atoms with E-state index in [1.165, 1.54) is 5.69 Å². The molecule has 1 amide bonds. The number of anilines is 1. The summed E-state index contributed by atoms with van der Waals surface area (Å²) in [6, 6.07) is 9.91. The molecule has 168 valence electrons. The molecule has 9 heteroatoms. The minimum Gasteiger partial charge on any atom is -0.368 e. The molecule has 2 aromatic rings. The summed E-state index contributed by atoms with van der Waals surface area (Å²) >= 11 is 5.97. The van der Waals surface area contributed by atoms with Gasteiger partial charge in [-0.1, -0.05) is 11.6 Å². The lowest BCUT2D eigenvalue weighted by Gasteiger charge is -2.36. The molecule has 0 spiro atoms. The molecule has 1 aromatic carbocycles. The summed E-state index contributed by atoms with van der Waals surface area (Å²) in [5, 5.41) is 11.6. The SMILES string of the molecule is CN=C(NCCCn1nc(C)cc1C)NCC(=O)N1CCN(c2ccc(Cl)cc2)CC1. The number of amides is 1. The van der Waals surface area contributed by atoms with Gasteiger partial charge in [-0.3, -0.25) is 14.5 Å². The van der Waals surface area contributed by atoms with Crippen LogP contribution >= 0.6 is 11.6 Å². The topological polar surface area (TPSA) is 77.8 Å². The van der Waals surface area contributed by atoms with E-state index in [-0.39, 0.29) is 12.5 Å². The van der Waals surface area contributed by atoms with Crippen LogP contribution in [0.15, 0.2) is 35.3 Å². The number of aryl methyl sites for hydroxylation is 3. The zero-order valence-electron chi connectivity index (χ0n) is 18.6. The van der Waals surface area contributed by atoms with E-state index in [4.69, 9.17) is 11.6 Å². The highest BCUT2D eigenvalue weighted by molar-refractivity contribution is 6.30. The Hall–Kier alpha value is -2.74. The van der Waals surface area contributed by atoms with Gasteiger partial charge in [-0.25, -0.2) is 0 Å². The van der Waals surface area contributed by atoms with Gasteiger partial charge in [-0.05, 0) is 50.6 Å². The standard InChI is InChI=1S/C22H32ClN7O/c1-17-15-18(2)30(27-17)10-4-9-25-22(24-3)26-16-21(31)29-13-11-28(12-14-29)20-7-5-19(23)6-8-20/h5-8,15H,4,9-14,16H2,1-3H3,(H2,24,25,26). The fourth-order valence-corrected chi connectivity index (χ4v) is 3.82. The number of aliphatic imine (C=N–C) groups is 1. The van der Waals surface area contributed by atoms with E-state index >= 15 is 0 Å². The van der Waals surface area contributed by atoms with E-state index in [9.17, 15) is 4.79 Å². The molecular weight excluding hydrogens is 414 g/mol. The van der Waals surface area contributed by atoms with Gasteiger partial charge in [0.15, 0.2) is 5.96 Å². The number of carbonyl (C=O) groups excluding carboxylic acids is 1. The van der Waals surface area contributed by atoms with Crippen LogP contribution in [0, 0.1) is 13.8 Å². The van der Waals surface area contributed by atoms with Crippen molar-refractivity contribution in [1.82, 2.24) is 25.3 Å². The summed E-state index contributed by atoms with van der Waals surface area (Å²) in [7, 11) is 1.71. The van der Waals surface area contributed by atoms with Crippen molar-refractivity contribution in [3.8, 4) is 0 Å². The summed E-state index contributed by atoms with van der Waals surface area (Å²) in [6.45, 7) is 8.94. The Morgan fingerprint density at radius 1 is 1.13 bits per heavy atom. The number of carbonyl (C=O) groups is 1. The van der Waals surface area contributed by atoms with Crippen molar-refractivity contribution >= 4 is 29.2 Å². The monoisotopic (exact) mass is 445 g/mol. The average Bonchev–Trinajstić information content (AvgIpc) is 3.10. The zero-order chi connectivity index (χ0) is 22.2. The highest BCUT2D eigenvalue weighted by atomic mass is 35.5. The van der Waals surface area contributed by atoms with Crippen LogP contribution in [0.3, 0.4) is 0 Å². The number of hydrogen-bond acceptors (Lipinski definition) is 4. The van der Waals surface area contributed by atoms with Crippen LogP contribution in [-0.2, 0) is 11.3 Å². The van der Waals surface area contributed by atoms with Gasteiger partial charge in [0.25, 0.3) is 0 Å². The Morgan fingerprint density at radius 3 is 2.45 bits per heavy atom. The molecule has 8 nitrogen and oxygen atoms in total. The molecule has 3 rings (SSSR count). The van der Waals surface area contributed by atoms with Crippen molar-refractivity contribution in [2.24, 2.45) is 4.99 Å². The average molecular weight is 446 g/mol. The van der Waals surface area contributed by atoms with Gasteiger partial charge in [0.1, 0.15) is 0 Å². The lowest BCUT2D eigenvalue weighted by Crippen LogP contribution is -2.52. The Labute approximate surface area is 189 Å². The van der Waals surface area contributed by atoms with Gasteiger partial charge in [-0.15, -0.1) is 0 Å². The molecule has 0 atom stereocenters. The number of aromatic nitrogens is 2. The molecule has 0 bridgehead atoms. The van der Waals surface area contributed by atoms with E-state index in [1.807, 2.05) is 40.8 Å². The predicted octanol–water partition coefficient (Wildman–Crippen LogP) is 2.06. The van der Waals surface area contributed by atoms with Crippen LogP contribution in [0.25, 0.3) is 0 Å². The first-order valence-electron chi connectivity index (χ1n) is 10.7. The van der Waals surface area contributed by atoms with Gasteiger partial charge in [0.05, 0.1) is 12.2 Å². The minimum atomic E-state index is 0.0846. The Bertz CT molecular complexity index is 886. The lowest BCUT2D eigenvalue weighted by molar-refractivity contribution is -0.130. The van der Waals surface area contributed by atoms with Crippen molar-refractivity contribution in [2.75, 3.05) is 51.2 Å². The van der Waals surface area contributed by atoms with E-state index < -0.39 is 0 Å². The van der Waals surface area contributed by atoms with Gasteiger partial charge >= 0.3 is 0 Å². The Morgan fingerprint density at radius 2 is 1.84 bits per heavy atom. The molecule has 1 aromatic heterocycles. The van der Waals surface area contributed by atoms with Gasteiger partial charge in [-0.2, -0.15) is 5.10 Å². The molecule has 1 aliphatic heterocycles. The third-order valence-corrected chi connectivity index (χ3v) is 5.65. The summed E-state index contributed by atoms with van der Waals surface area (Å²) in [4.78, 5) is 21.0. The highest BCUT2D eigenvalue weighted by Gasteiger charge is 2.21. The Kier molecular flexibility index (Phi) is 8.17. The van der Waals surface area contributed by atoms with Gasteiger partial charge in [0.2, 0.25) is 5.91 Å². The van der Waals surface area contributed by atoms with Crippen LogP contribution in [0.5, 0.6) is 0 Å². The number of guanidine groups is 1. The van der Waals surface area contributed by atoms with Crippen molar-refractivity contribution in [2.45, 2.75) is 26.8 Å². The molecule has 1 saturated heterocycles. The van der Waals surface area contributed by atoms with Crippen LogP contribution < -0.4 is 15.5 Å².